The first-order valence-corrected chi connectivity index (χ1v) is 8.49. The number of halogens is 1. The van der Waals surface area contributed by atoms with Crippen LogP contribution in [0.1, 0.15) is 23.6 Å². The molecule has 2 aromatic rings. The van der Waals surface area contributed by atoms with Gasteiger partial charge < -0.3 is 14.2 Å². The van der Waals surface area contributed by atoms with Crippen molar-refractivity contribution in [1.82, 2.24) is 0 Å². The number of hydrogen-bond acceptors (Lipinski definition) is 5. The number of methoxy groups -OCH3 is 1. The molecule has 3 rings (SSSR count). The lowest BCUT2D eigenvalue weighted by Crippen LogP contribution is -2.05. The van der Waals surface area contributed by atoms with Gasteiger partial charge >= 0.3 is 5.97 Å². The van der Waals surface area contributed by atoms with Gasteiger partial charge in [0.15, 0.2) is 17.2 Å². The van der Waals surface area contributed by atoms with Gasteiger partial charge in [0.05, 0.1) is 18.7 Å². The molecule has 0 radical (unpaired) electrons. The summed E-state index contributed by atoms with van der Waals surface area (Å²) in [6.45, 7) is 4.29. The van der Waals surface area contributed by atoms with Gasteiger partial charge in [0, 0.05) is 5.56 Å². The fourth-order valence-electron chi connectivity index (χ4n) is 2.58. The molecular formula is C20H18ClNO4. The van der Waals surface area contributed by atoms with Crippen molar-refractivity contribution < 1.29 is 19.0 Å². The molecule has 1 aliphatic rings. The predicted octanol–water partition coefficient (Wildman–Crippen LogP) is 4.40. The Labute approximate surface area is 156 Å². The SMILES string of the molecule is CCOc1c(Cl)cc(/C=C2\N=C(c3cccc(C)c3)OC2=O)cc1OC. The first-order chi connectivity index (χ1) is 12.5. The highest BCUT2D eigenvalue weighted by molar-refractivity contribution is 6.32. The van der Waals surface area contributed by atoms with Gasteiger partial charge in [-0.15, -0.1) is 0 Å². The van der Waals surface area contributed by atoms with Crippen LogP contribution in [-0.2, 0) is 9.53 Å². The van der Waals surface area contributed by atoms with Crippen molar-refractivity contribution in [1.29, 1.82) is 0 Å². The molecule has 0 saturated carbocycles. The first kappa shape index (κ1) is 18.0. The van der Waals surface area contributed by atoms with E-state index in [1.165, 1.54) is 7.11 Å². The highest BCUT2D eigenvalue weighted by Gasteiger charge is 2.24. The Balaban J connectivity index is 1.97. The van der Waals surface area contributed by atoms with Gasteiger partial charge in [-0.1, -0.05) is 29.3 Å². The van der Waals surface area contributed by atoms with E-state index in [0.717, 1.165) is 11.1 Å². The van der Waals surface area contributed by atoms with Crippen LogP contribution in [0.5, 0.6) is 11.5 Å². The maximum Gasteiger partial charge on any atom is 0.363 e. The lowest BCUT2D eigenvalue weighted by Gasteiger charge is -2.11. The zero-order chi connectivity index (χ0) is 18.7. The lowest BCUT2D eigenvalue weighted by atomic mass is 10.1. The largest absolute Gasteiger partial charge is 0.493 e. The van der Waals surface area contributed by atoms with Crippen LogP contribution in [0.3, 0.4) is 0 Å². The van der Waals surface area contributed by atoms with Gasteiger partial charge in [-0.3, -0.25) is 0 Å². The topological polar surface area (TPSA) is 57.1 Å². The van der Waals surface area contributed by atoms with Crippen molar-refractivity contribution >= 4 is 29.5 Å². The normalized spacial score (nSPS) is 15.0. The van der Waals surface area contributed by atoms with Crippen LogP contribution >= 0.6 is 11.6 Å². The second-order valence-electron chi connectivity index (χ2n) is 5.67. The summed E-state index contributed by atoms with van der Waals surface area (Å²) >= 11 is 6.27. The number of carbonyl (C=O) groups is 1. The minimum absolute atomic E-state index is 0.198. The summed E-state index contributed by atoms with van der Waals surface area (Å²) < 4.78 is 16.1. The van der Waals surface area contributed by atoms with Crippen LogP contribution in [0.25, 0.3) is 6.08 Å². The average molecular weight is 372 g/mol. The van der Waals surface area contributed by atoms with Crippen molar-refractivity contribution in [2.75, 3.05) is 13.7 Å². The van der Waals surface area contributed by atoms with Crippen LogP contribution in [0, 0.1) is 6.92 Å². The van der Waals surface area contributed by atoms with E-state index >= 15 is 0 Å². The van der Waals surface area contributed by atoms with Crippen LogP contribution in [0.4, 0.5) is 0 Å². The van der Waals surface area contributed by atoms with Crippen molar-refractivity contribution in [2.24, 2.45) is 4.99 Å². The molecule has 0 bridgehead atoms. The zero-order valence-corrected chi connectivity index (χ0v) is 15.5. The maximum atomic E-state index is 12.2. The molecule has 6 heteroatoms. The molecule has 0 fully saturated rings. The summed E-state index contributed by atoms with van der Waals surface area (Å²) in [6.07, 6.45) is 1.61. The standard InChI is InChI=1S/C20H18ClNO4/c1-4-25-18-15(21)9-13(11-17(18)24-3)10-16-20(23)26-19(22-16)14-7-5-6-12(2)8-14/h5-11H,4H2,1-3H3/b16-10-. The lowest BCUT2D eigenvalue weighted by molar-refractivity contribution is -0.129. The fraction of sp³-hybridized carbons (Fsp3) is 0.200. The van der Waals surface area contributed by atoms with E-state index in [4.69, 9.17) is 25.8 Å². The van der Waals surface area contributed by atoms with Crippen LogP contribution in [-0.4, -0.2) is 25.6 Å². The smallest absolute Gasteiger partial charge is 0.363 e. The summed E-state index contributed by atoms with van der Waals surface area (Å²) in [4.78, 5) is 16.5. The molecule has 0 aliphatic carbocycles. The predicted molar refractivity (Wildman–Crippen MR) is 101 cm³/mol. The number of aryl methyl sites for hydroxylation is 1. The Morgan fingerprint density at radius 3 is 2.77 bits per heavy atom. The van der Waals surface area contributed by atoms with E-state index in [1.54, 1.807) is 18.2 Å². The average Bonchev–Trinajstić information content (AvgIpc) is 2.98. The summed E-state index contributed by atoms with van der Waals surface area (Å²) in [5, 5.41) is 0.396. The van der Waals surface area contributed by atoms with E-state index in [2.05, 4.69) is 4.99 Å². The van der Waals surface area contributed by atoms with E-state index in [1.807, 2.05) is 38.1 Å². The molecule has 5 nitrogen and oxygen atoms in total. The number of nitrogens with zero attached hydrogens (tertiary/aromatic N) is 1. The van der Waals surface area contributed by atoms with Crippen molar-refractivity contribution in [2.45, 2.75) is 13.8 Å². The number of hydrogen-bond donors (Lipinski definition) is 0. The second-order valence-corrected chi connectivity index (χ2v) is 6.08. The molecule has 134 valence electrons. The summed E-state index contributed by atoms with van der Waals surface area (Å²) in [5.74, 6) is 0.733. The highest BCUT2D eigenvalue weighted by Crippen LogP contribution is 2.37. The molecule has 0 spiro atoms. The monoisotopic (exact) mass is 371 g/mol. The van der Waals surface area contributed by atoms with Crippen molar-refractivity contribution in [3.63, 3.8) is 0 Å². The number of aliphatic imine (C=N–C) groups is 1. The van der Waals surface area contributed by atoms with Crippen LogP contribution in [0.2, 0.25) is 5.02 Å². The van der Waals surface area contributed by atoms with Crippen molar-refractivity contribution in [3.8, 4) is 11.5 Å². The van der Waals surface area contributed by atoms with Crippen LogP contribution in [0.15, 0.2) is 47.1 Å². The highest BCUT2D eigenvalue weighted by atomic mass is 35.5. The third-order valence-corrected chi connectivity index (χ3v) is 4.01. The Hall–Kier alpha value is -2.79. The molecule has 0 atom stereocenters. The Morgan fingerprint density at radius 2 is 2.08 bits per heavy atom. The van der Waals surface area contributed by atoms with E-state index in [-0.39, 0.29) is 11.6 Å². The molecular weight excluding hydrogens is 354 g/mol. The molecule has 2 aromatic carbocycles. The van der Waals surface area contributed by atoms with Gasteiger partial charge in [-0.2, -0.15) is 0 Å². The molecule has 0 aromatic heterocycles. The second kappa shape index (κ2) is 7.62. The molecule has 1 aliphatic heterocycles. The number of esters is 1. The van der Waals surface area contributed by atoms with E-state index in [9.17, 15) is 4.79 Å². The Morgan fingerprint density at radius 1 is 1.27 bits per heavy atom. The quantitative estimate of drug-likeness (QED) is 0.577. The van der Waals surface area contributed by atoms with Gasteiger partial charge in [-0.25, -0.2) is 9.79 Å². The number of carbonyl (C=O) groups excluding carboxylic acids is 1. The summed E-state index contributed by atoms with van der Waals surface area (Å²) in [7, 11) is 1.53. The minimum Gasteiger partial charge on any atom is -0.493 e. The third-order valence-electron chi connectivity index (χ3n) is 3.73. The maximum absolute atomic E-state index is 12.2. The van der Waals surface area contributed by atoms with Gasteiger partial charge in [0.25, 0.3) is 0 Å². The molecule has 0 unspecified atom stereocenters. The fourth-order valence-corrected chi connectivity index (χ4v) is 2.85. The van der Waals surface area contributed by atoms with Gasteiger partial charge in [0.1, 0.15) is 0 Å². The molecule has 0 N–H and O–H groups in total. The van der Waals surface area contributed by atoms with Gasteiger partial charge in [0.2, 0.25) is 5.90 Å². The minimum atomic E-state index is -0.509. The Bertz CT molecular complexity index is 918. The number of cyclic esters (lactones) is 1. The van der Waals surface area contributed by atoms with Gasteiger partial charge in [-0.05, 0) is 49.8 Å². The molecule has 0 amide bonds. The first-order valence-electron chi connectivity index (χ1n) is 8.11. The Kier molecular flexibility index (Phi) is 5.28. The number of rotatable bonds is 5. The summed E-state index contributed by atoms with van der Waals surface area (Å²) in [6, 6.07) is 11.0. The number of benzene rings is 2. The van der Waals surface area contributed by atoms with Crippen LogP contribution < -0.4 is 9.47 Å². The zero-order valence-electron chi connectivity index (χ0n) is 14.7. The number of ether oxygens (including phenoxy) is 3. The van der Waals surface area contributed by atoms with E-state index in [0.29, 0.717) is 28.7 Å². The molecule has 0 saturated heterocycles. The molecule has 1 heterocycles. The van der Waals surface area contributed by atoms with E-state index < -0.39 is 5.97 Å². The van der Waals surface area contributed by atoms with Crippen molar-refractivity contribution in [3.05, 3.63) is 63.8 Å². The summed E-state index contributed by atoms with van der Waals surface area (Å²) in [5.41, 5.74) is 2.67. The third kappa shape index (κ3) is 3.73. The molecule has 26 heavy (non-hydrogen) atoms.